The average molecular weight is 318 g/mol. The van der Waals surface area contributed by atoms with Gasteiger partial charge in [-0.1, -0.05) is 34.1 Å². The van der Waals surface area contributed by atoms with Crippen LogP contribution in [0, 0.1) is 0 Å². The van der Waals surface area contributed by atoms with Crippen LogP contribution in [-0.2, 0) is 9.84 Å². The molecule has 1 aliphatic heterocycles. The van der Waals surface area contributed by atoms with E-state index in [1.807, 2.05) is 38.1 Å². The molecular formula is C12H16BrNO2S. The number of sulfone groups is 1. The SMILES string of the molecule is CC1(C)CS(=O)(=O)CC(c2ccccc2Br)N1. The van der Waals surface area contributed by atoms with Gasteiger partial charge in [0.1, 0.15) is 0 Å². The first-order chi connectivity index (χ1) is 7.79. The number of benzene rings is 1. The van der Waals surface area contributed by atoms with Crippen molar-refractivity contribution in [2.24, 2.45) is 0 Å². The molecular weight excluding hydrogens is 302 g/mol. The number of hydrogen-bond donors (Lipinski definition) is 1. The summed E-state index contributed by atoms with van der Waals surface area (Å²) in [5.74, 6) is 0.361. The molecule has 0 aliphatic carbocycles. The molecule has 0 spiro atoms. The van der Waals surface area contributed by atoms with Crippen LogP contribution in [0.3, 0.4) is 0 Å². The highest BCUT2D eigenvalue weighted by atomic mass is 79.9. The number of nitrogens with one attached hydrogen (secondary N) is 1. The largest absolute Gasteiger partial charge is 0.303 e. The summed E-state index contributed by atoms with van der Waals surface area (Å²) in [6.45, 7) is 3.85. The molecule has 0 saturated carbocycles. The summed E-state index contributed by atoms with van der Waals surface area (Å²) in [6.07, 6.45) is 0. The van der Waals surface area contributed by atoms with Crippen molar-refractivity contribution in [1.82, 2.24) is 5.32 Å². The summed E-state index contributed by atoms with van der Waals surface area (Å²) < 4.78 is 24.8. The smallest absolute Gasteiger partial charge is 0.153 e. The third-order valence-electron chi connectivity index (χ3n) is 2.85. The molecule has 1 saturated heterocycles. The van der Waals surface area contributed by atoms with Crippen LogP contribution >= 0.6 is 15.9 Å². The molecule has 1 heterocycles. The Hall–Kier alpha value is -0.390. The van der Waals surface area contributed by atoms with E-state index in [4.69, 9.17) is 0 Å². The second kappa shape index (κ2) is 4.37. The predicted octanol–water partition coefficient (Wildman–Crippen LogP) is 2.29. The van der Waals surface area contributed by atoms with Gasteiger partial charge in [-0.2, -0.15) is 0 Å². The molecule has 1 atom stereocenters. The van der Waals surface area contributed by atoms with E-state index < -0.39 is 9.84 Å². The first-order valence-electron chi connectivity index (χ1n) is 5.52. The summed E-state index contributed by atoms with van der Waals surface area (Å²) in [4.78, 5) is 0. The predicted molar refractivity (Wildman–Crippen MR) is 72.8 cm³/mol. The van der Waals surface area contributed by atoms with Gasteiger partial charge in [0.25, 0.3) is 0 Å². The zero-order valence-corrected chi connectivity index (χ0v) is 12.3. The van der Waals surface area contributed by atoms with Crippen molar-refractivity contribution < 1.29 is 8.42 Å². The van der Waals surface area contributed by atoms with Gasteiger partial charge in [-0.3, -0.25) is 0 Å². The molecule has 1 unspecified atom stereocenters. The summed E-state index contributed by atoms with van der Waals surface area (Å²) in [5, 5.41) is 3.40. The van der Waals surface area contributed by atoms with Gasteiger partial charge < -0.3 is 5.32 Å². The van der Waals surface area contributed by atoms with E-state index in [1.54, 1.807) is 0 Å². The molecule has 0 amide bonds. The quantitative estimate of drug-likeness (QED) is 0.864. The van der Waals surface area contributed by atoms with Crippen LogP contribution in [0.1, 0.15) is 25.5 Å². The first-order valence-corrected chi connectivity index (χ1v) is 8.13. The lowest BCUT2D eigenvalue weighted by Crippen LogP contribution is -2.54. The minimum Gasteiger partial charge on any atom is -0.303 e. The van der Waals surface area contributed by atoms with Crippen molar-refractivity contribution >= 4 is 25.8 Å². The van der Waals surface area contributed by atoms with Gasteiger partial charge >= 0.3 is 0 Å². The van der Waals surface area contributed by atoms with E-state index in [0.29, 0.717) is 0 Å². The van der Waals surface area contributed by atoms with Crippen LogP contribution in [0.2, 0.25) is 0 Å². The normalized spacial score (nSPS) is 26.6. The van der Waals surface area contributed by atoms with Crippen molar-refractivity contribution in [3.05, 3.63) is 34.3 Å². The Morgan fingerprint density at radius 3 is 2.59 bits per heavy atom. The van der Waals surface area contributed by atoms with Gasteiger partial charge in [0, 0.05) is 16.1 Å². The highest BCUT2D eigenvalue weighted by molar-refractivity contribution is 9.10. The molecule has 0 aromatic heterocycles. The molecule has 94 valence electrons. The monoisotopic (exact) mass is 317 g/mol. The molecule has 2 rings (SSSR count). The summed E-state index contributed by atoms with van der Waals surface area (Å²) in [5.41, 5.74) is 0.626. The molecule has 0 radical (unpaired) electrons. The minimum absolute atomic E-state index is 0.140. The number of halogens is 1. The molecule has 1 fully saturated rings. The fourth-order valence-corrected chi connectivity index (χ4v) is 4.98. The van der Waals surface area contributed by atoms with Crippen LogP contribution in [0.15, 0.2) is 28.7 Å². The second-order valence-corrected chi connectivity index (χ2v) is 8.12. The summed E-state index contributed by atoms with van der Waals surface area (Å²) in [6, 6.07) is 7.61. The van der Waals surface area contributed by atoms with Gasteiger partial charge in [-0.05, 0) is 25.5 Å². The lowest BCUT2D eigenvalue weighted by molar-refractivity contribution is 0.359. The standard InChI is InChI=1S/C12H16BrNO2S/c1-12(2)8-17(15,16)7-11(14-12)9-5-3-4-6-10(9)13/h3-6,11,14H,7-8H2,1-2H3. The Morgan fingerprint density at radius 1 is 1.35 bits per heavy atom. The Kier molecular flexibility index (Phi) is 3.36. The molecule has 1 N–H and O–H groups in total. The minimum atomic E-state index is -2.99. The molecule has 1 aliphatic rings. The van der Waals surface area contributed by atoms with E-state index in [1.165, 1.54) is 0 Å². The zero-order valence-electron chi connectivity index (χ0n) is 9.90. The molecule has 0 bridgehead atoms. The maximum atomic E-state index is 11.9. The molecule has 1 aromatic rings. The van der Waals surface area contributed by atoms with Crippen LogP contribution in [0.5, 0.6) is 0 Å². The number of rotatable bonds is 1. The molecule has 3 nitrogen and oxygen atoms in total. The van der Waals surface area contributed by atoms with Crippen molar-refractivity contribution in [3.63, 3.8) is 0 Å². The average Bonchev–Trinajstić information content (AvgIpc) is 2.13. The van der Waals surface area contributed by atoms with Crippen molar-refractivity contribution in [2.75, 3.05) is 11.5 Å². The highest BCUT2D eigenvalue weighted by Crippen LogP contribution is 2.30. The van der Waals surface area contributed by atoms with Gasteiger partial charge in [0.05, 0.1) is 11.5 Å². The summed E-state index contributed by atoms with van der Waals surface area (Å²) in [7, 11) is -2.99. The highest BCUT2D eigenvalue weighted by Gasteiger charge is 2.37. The fourth-order valence-electron chi connectivity index (χ4n) is 2.34. The third kappa shape index (κ3) is 3.09. The Morgan fingerprint density at radius 2 is 2.00 bits per heavy atom. The van der Waals surface area contributed by atoms with Crippen LogP contribution in [0.4, 0.5) is 0 Å². The van der Waals surface area contributed by atoms with Crippen LogP contribution < -0.4 is 5.32 Å². The third-order valence-corrected chi connectivity index (χ3v) is 5.57. The van der Waals surface area contributed by atoms with E-state index >= 15 is 0 Å². The van der Waals surface area contributed by atoms with Crippen LogP contribution in [0.25, 0.3) is 0 Å². The van der Waals surface area contributed by atoms with Crippen molar-refractivity contribution in [3.8, 4) is 0 Å². The first kappa shape index (κ1) is 13.1. The van der Waals surface area contributed by atoms with Gasteiger partial charge in [-0.25, -0.2) is 8.42 Å². The van der Waals surface area contributed by atoms with E-state index in [9.17, 15) is 8.42 Å². The lowest BCUT2D eigenvalue weighted by Gasteiger charge is -2.37. The van der Waals surface area contributed by atoms with E-state index in [2.05, 4.69) is 21.2 Å². The maximum absolute atomic E-state index is 11.9. The Bertz CT molecular complexity index is 525. The fraction of sp³-hybridized carbons (Fsp3) is 0.500. The molecule has 5 heteroatoms. The van der Waals surface area contributed by atoms with Crippen LogP contribution in [-0.4, -0.2) is 25.5 Å². The summed E-state index contributed by atoms with van der Waals surface area (Å²) >= 11 is 3.47. The zero-order chi connectivity index (χ0) is 12.7. The van der Waals surface area contributed by atoms with Crippen molar-refractivity contribution in [2.45, 2.75) is 25.4 Å². The second-order valence-electron chi connectivity index (χ2n) is 5.16. The molecule has 17 heavy (non-hydrogen) atoms. The lowest BCUT2D eigenvalue weighted by atomic mass is 10.0. The maximum Gasteiger partial charge on any atom is 0.153 e. The van der Waals surface area contributed by atoms with Gasteiger partial charge in [0.15, 0.2) is 9.84 Å². The van der Waals surface area contributed by atoms with Gasteiger partial charge in [0.2, 0.25) is 0 Å². The topological polar surface area (TPSA) is 46.2 Å². The van der Waals surface area contributed by atoms with Gasteiger partial charge in [-0.15, -0.1) is 0 Å². The molecule has 1 aromatic carbocycles. The van der Waals surface area contributed by atoms with E-state index in [-0.39, 0.29) is 23.1 Å². The van der Waals surface area contributed by atoms with E-state index in [0.717, 1.165) is 10.0 Å². The number of hydrogen-bond acceptors (Lipinski definition) is 3. The van der Waals surface area contributed by atoms with Crippen molar-refractivity contribution in [1.29, 1.82) is 0 Å². The Balaban J connectivity index is 2.37. The Labute approximate surface area is 111 Å².